The third-order valence-electron chi connectivity index (χ3n) is 6.10. The van der Waals surface area contributed by atoms with Crippen molar-refractivity contribution in [3.8, 4) is 11.5 Å². The van der Waals surface area contributed by atoms with Crippen LogP contribution in [0.15, 0.2) is 30.6 Å². The number of aryl methyl sites for hydroxylation is 1. The maximum atomic E-state index is 14.2. The van der Waals surface area contributed by atoms with E-state index in [1.54, 1.807) is 12.1 Å². The number of aliphatic hydroxyl groups is 1. The van der Waals surface area contributed by atoms with Crippen LogP contribution in [0.25, 0.3) is 10.9 Å². The maximum absolute atomic E-state index is 14.2. The first-order valence-corrected chi connectivity index (χ1v) is 13.3. The molecule has 2 aromatic carbocycles. The zero-order valence-corrected chi connectivity index (χ0v) is 20.8. The largest absolute Gasteiger partial charge is 0.494 e. The Labute approximate surface area is 207 Å². The molecule has 3 heterocycles. The fourth-order valence-corrected chi connectivity index (χ4v) is 5.21. The van der Waals surface area contributed by atoms with Crippen molar-refractivity contribution in [2.45, 2.75) is 31.3 Å². The Kier molecular flexibility index (Phi) is 6.37. The monoisotopic (exact) mass is 518 g/mol. The molecule has 5 rings (SSSR count). The second-order valence-corrected chi connectivity index (χ2v) is 11.1. The minimum Gasteiger partial charge on any atom is -0.494 e. The van der Waals surface area contributed by atoms with Crippen LogP contribution in [0.3, 0.4) is 0 Å². The molecule has 1 aromatic heterocycles. The number of nitrogens with one attached hydrogen (secondary N) is 2. The van der Waals surface area contributed by atoms with Crippen LogP contribution in [0.5, 0.6) is 11.5 Å². The average Bonchev–Trinajstić information content (AvgIpc) is 3.38. The number of benzene rings is 2. The number of anilines is 3. The predicted molar refractivity (Wildman–Crippen MR) is 135 cm³/mol. The molecule has 2 fully saturated rings. The lowest BCUT2D eigenvalue weighted by atomic mass is 10.1. The molecule has 0 spiro atoms. The molecule has 2 aliphatic heterocycles. The van der Waals surface area contributed by atoms with Gasteiger partial charge in [0.15, 0.2) is 6.10 Å². The Bertz CT molecular complexity index is 1420. The molecule has 3 aromatic rings. The van der Waals surface area contributed by atoms with Gasteiger partial charge in [0, 0.05) is 33.0 Å². The van der Waals surface area contributed by atoms with Crippen LogP contribution in [-0.2, 0) is 19.2 Å². The zero-order valence-electron chi connectivity index (χ0n) is 20.0. The molecule has 10 nitrogen and oxygen atoms in total. The summed E-state index contributed by atoms with van der Waals surface area (Å²) < 4.78 is 52.3. The van der Waals surface area contributed by atoms with Crippen molar-refractivity contribution in [1.82, 2.24) is 9.97 Å². The number of fused-ring (bicyclic) bond motifs is 2. The van der Waals surface area contributed by atoms with Crippen molar-refractivity contribution < 1.29 is 32.7 Å². The third kappa shape index (κ3) is 4.64. The van der Waals surface area contributed by atoms with E-state index >= 15 is 0 Å². The van der Waals surface area contributed by atoms with Crippen LogP contribution in [0, 0.1) is 12.7 Å². The normalized spacial score (nSPS) is 24.8. The summed E-state index contributed by atoms with van der Waals surface area (Å²) in [5.74, 6) is 4.33. The highest BCUT2D eigenvalue weighted by Crippen LogP contribution is 2.40. The number of aliphatic hydroxyl groups excluding tert-OH is 1. The summed E-state index contributed by atoms with van der Waals surface area (Å²) in [5, 5.41) is 13.9. The number of ether oxygens (including phenoxy) is 4. The molecular formula is C24H27FN4O6S. The number of rotatable bonds is 7. The van der Waals surface area contributed by atoms with Crippen LogP contribution in [0.4, 0.5) is 21.6 Å². The lowest BCUT2D eigenvalue weighted by Crippen LogP contribution is -2.34. The third-order valence-corrected chi connectivity index (χ3v) is 6.76. The molecule has 2 saturated heterocycles. The van der Waals surface area contributed by atoms with E-state index in [9.17, 15) is 13.7 Å². The van der Waals surface area contributed by atoms with E-state index in [2.05, 4.69) is 25.9 Å². The van der Waals surface area contributed by atoms with Gasteiger partial charge in [-0.05, 0) is 31.0 Å². The highest BCUT2D eigenvalue weighted by molar-refractivity contribution is 8.00. The summed E-state index contributed by atoms with van der Waals surface area (Å²) in [7, 11) is -1.05. The van der Waals surface area contributed by atoms with Gasteiger partial charge in [-0.3, -0.25) is 0 Å². The van der Waals surface area contributed by atoms with E-state index in [-0.39, 0.29) is 19.0 Å². The smallest absolute Gasteiger partial charge is 0.151 e. The van der Waals surface area contributed by atoms with E-state index in [0.717, 1.165) is 0 Å². The highest BCUT2D eigenvalue weighted by Gasteiger charge is 2.48. The van der Waals surface area contributed by atoms with Gasteiger partial charge in [0.2, 0.25) is 0 Å². The molecule has 0 aliphatic carbocycles. The average molecular weight is 519 g/mol. The first-order valence-electron chi connectivity index (χ1n) is 11.2. The number of methoxy groups -OCH3 is 1. The van der Waals surface area contributed by atoms with Gasteiger partial charge < -0.3 is 34.1 Å². The van der Waals surface area contributed by atoms with Crippen LogP contribution in [0.1, 0.15) is 5.56 Å². The summed E-state index contributed by atoms with van der Waals surface area (Å²) in [5.41, 5.74) is 2.24. The van der Waals surface area contributed by atoms with Gasteiger partial charge in [-0.1, -0.05) is 0 Å². The van der Waals surface area contributed by atoms with Crippen molar-refractivity contribution in [2.24, 2.45) is 0 Å². The second kappa shape index (κ2) is 9.36. The van der Waals surface area contributed by atoms with Gasteiger partial charge in [-0.15, -0.1) is 0 Å². The summed E-state index contributed by atoms with van der Waals surface area (Å²) in [4.78, 5) is 8.77. The number of halogens is 1. The Morgan fingerprint density at radius 1 is 1.19 bits per heavy atom. The van der Waals surface area contributed by atoms with Crippen molar-refractivity contribution in [2.75, 3.05) is 36.6 Å². The lowest BCUT2D eigenvalue weighted by molar-refractivity contribution is 0.00871. The van der Waals surface area contributed by atoms with E-state index in [0.29, 0.717) is 39.4 Å². The highest BCUT2D eigenvalue weighted by atomic mass is 32.2. The SMILES string of the molecule is C=S(C)(=O)Nc1cc2ncnc(Nc3ccc(F)cc3OC3COC4C(O)COC34)c2c(C)c1OC. The molecule has 0 amide bonds. The number of hydrogen-bond donors (Lipinski definition) is 3. The Morgan fingerprint density at radius 3 is 2.72 bits per heavy atom. The summed E-state index contributed by atoms with van der Waals surface area (Å²) >= 11 is 0. The zero-order chi connectivity index (χ0) is 25.6. The van der Waals surface area contributed by atoms with Gasteiger partial charge >= 0.3 is 0 Å². The molecule has 0 saturated carbocycles. The van der Waals surface area contributed by atoms with Gasteiger partial charge in [0.1, 0.15) is 47.8 Å². The van der Waals surface area contributed by atoms with Gasteiger partial charge in [0.25, 0.3) is 0 Å². The second-order valence-electron chi connectivity index (χ2n) is 8.89. The topological polar surface area (TPSA) is 124 Å². The molecule has 12 heteroatoms. The minimum atomic E-state index is -2.56. The van der Waals surface area contributed by atoms with Gasteiger partial charge in [-0.25, -0.2) is 18.6 Å². The van der Waals surface area contributed by atoms with Crippen LogP contribution >= 0.6 is 0 Å². The minimum absolute atomic E-state index is 0.162. The molecular weight excluding hydrogens is 491 g/mol. The molecule has 0 radical (unpaired) electrons. The van der Waals surface area contributed by atoms with Crippen LogP contribution in [-0.4, -0.2) is 76.1 Å². The first-order chi connectivity index (χ1) is 17.1. The van der Waals surface area contributed by atoms with Crippen molar-refractivity contribution in [3.63, 3.8) is 0 Å². The van der Waals surface area contributed by atoms with Crippen molar-refractivity contribution in [1.29, 1.82) is 0 Å². The fraction of sp³-hybridized carbons (Fsp3) is 0.375. The maximum Gasteiger partial charge on any atom is 0.151 e. The standard InChI is InChI=1S/C24H27FN4O6S/c1-12-20-15(8-16(21(12)32-2)29-36(3,4)31)26-11-27-24(20)28-14-6-5-13(25)7-18(14)35-19-10-34-22-17(30)9-33-23(19)22/h5-8,11,17,19,22-23,30H,3,9-10H2,1-2,4H3,(H,29,31)(H,26,27,28). The molecule has 5 unspecified atom stereocenters. The quantitative estimate of drug-likeness (QED) is 0.405. The molecule has 0 bridgehead atoms. The van der Waals surface area contributed by atoms with E-state index in [1.165, 1.54) is 31.8 Å². The molecule has 36 heavy (non-hydrogen) atoms. The van der Waals surface area contributed by atoms with Crippen LogP contribution in [0.2, 0.25) is 0 Å². The fourth-order valence-electron chi connectivity index (χ4n) is 4.59. The van der Waals surface area contributed by atoms with E-state index in [1.807, 2.05) is 6.92 Å². The lowest BCUT2D eigenvalue weighted by Gasteiger charge is -2.21. The number of nitrogens with zero attached hydrogens (tertiary/aromatic N) is 2. The molecule has 3 N–H and O–H groups in total. The number of aromatic nitrogens is 2. The van der Waals surface area contributed by atoms with E-state index < -0.39 is 39.9 Å². The number of hydrogen-bond acceptors (Lipinski definition) is 9. The van der Waals surface area contributed by atoms with E-state index in [4.69, 9.17) is 18.9 Å². The molecule has 5 atom stereocenters. The summed E-state index contributed by atoms with van der Waals surface area (Å²) in [6, 6.07) is 5.84. The molecule has 192 valence electrons. The Hall–Kier alpha value is -3.19. The summed E-state index contributed by atoms with van der Waals surface area (Å²) in [6.45, 7) is 2.20. The van der Waals surface area contributed by atoms with Crippen LogP contribution < -0.4 is 19.5 Å². The summed E-state index contributed by atoms with van der Waals surface area (Å²) in [6.07, 6.45) is 0.724. The Balaban J connectivity index is 1.51. The first kappa shape index (κ1) is 24.5. The van der Waals surface area contributed by atoms with Gasteiger partial charge in [0.05, 0.1) is 37.2 Å². The van der Waals surface area contributed by atoms with Crippen molar-refractivity contribution >= 4 is 43.7 Å². The predicted octanol–water partition coefficient (Wildman–Crippen LogP) is 2.41. The van der Waals surface area contributed by atoms with Crippen molar-refractivity contribution in [3.05, 3.63) is 42.0 Å². The molecule has 2 aliphatic rings. The van der Waals surface area contributed by atoms with Gasteiger partial charge in [-0.2, -0.15) is 0 Å². The Morgan fingerprint density at radius 2 is 1.97 bits per heavy atom.